The summed E-state index contributed by atoms with van der Waals surface area (Å²) in [4.78, 5) is 14.0. The van der Waals surface area contributed by atoms with Crippen LogP contribution >= 0.6 is 0 Å². The Hall–Kier alpha value is -2.40. The van der Waals surface area contributed by atoms with E-state index in [0.717, 1.165) is 5.56 Å². The van der Waals surface area contributed by atoms with E-state index in [1.807, 2.05) is 31.2 Å². The summed E-state index contributed by atoms with van der Waals surface area (Å²) in [6.45, 7) is 3.43. The van der Waals surface area contributed by atoms with Crippen LogP contribution in [-0.2, 0) is 4.74 Å². The molecule has 1 heterocycles. The number of nitrogens with one attached hydrogen (secondary N) is 1. The maximum Gasteiger partial charge on any atom is 0.322 e. The van der Waals surface area contributed by atoms with Crippen LogP contribution in [0, 0.1) is 12.7 Å². The number of ether oxygens (including phenoxy) is 1. The van der Waals surface area contributed by atoms with Crippen LogP contribution in [0.3, 0.4) is 0 Å². The molecule has 2 aromatic rings. The van der Waals surface area contributed by atoms with E-state index in [2.05, 4.69) is 5.32 Å². The Morgan fingerprint density at radius 1 is 1.22 bits per heavy atom. The van der Waals surface area contributed by atoms with E-state index >= 15 is 0 Å². The molecule has 1 fully saturated rings. The van der Waals surface area contributed by atoms with E-state index in [-0.39, 0.29) is 17.8 Å². The molecule has 0 saturated carbocycles. The van der Waals surface area contributed by atoms with Crippen LogP contribution in [0.1, 0.15) is 17.2 Å². The zero-order chi connectivity index (χ0) is 16.2. The van der Waals surface area contributed by atoms with E-state index < -0.39 is 5.82 Å². The molecule has 1 aliphatic rings. The van der Waals surface area contributed by atoms with E-state index in [4.69, 9.17) is 4.74 Å². The summed E-state index contributed by atoms with van der Waals surface area (Å²) >= 11 is 0. The van der Waals surface area contributed by atoms with Crippen molar-refractivity contribution in [1.82, 2.24) is 4.90 Å². The van der Waals surface area contributed by atoms with Crippen molar-refractivity contribution in [2.75, 3.05) is 25.0 Å². The number of carbonyl (C=O) groups excluding carboxylic acids is 1. The second-order valence-corrected chi connectivity index (χ2v) is 5.63. The fraction of sp³-hybridized carbons (Fsp3) is 0.278. The molecule has 5 heteroatoms. The average molecular weight is 314 g/mol. The molecule has 4 nitrogen and oxygen atoms in total. The van der Waals surface area contributed by atoms with Crippen molar-refractivity contribution in [3.63, 3.8) is 0 Å². The van der Waals surface area contributed by atoms with Crippen molar-refractivity contribution in [3.8, 4) is 0 Å². The molecule has 1 unspecified atom stereocenters. The first kappa shape index (κ1) is 15.5. The van der Waals surface area contributed by atoms with E-state index in [1.165, 1.54) is 11.6 Å². The Morgan fingerprint density at radius 3 is 2.70 bits per heavy atom. The Kier molecular flexibility index (Phi) is 4.57. The molecule has 0 aliphatic carbocycles. The van der Waals surface area contributed by atoms with Gasteiger partial charge in [-0.2, -0.15) is 0 Å². The molecule has 0 bridgehead atoms. The number of morpholine rings is 1. The van der Waals surface area contributed by atoms with Crippen LogP contribution in [0.5, 0.6) is 0 Å². The number of hydrogen-bond donors (Lipinski definition) is 1. The number of anilines is 1. The fourth-order valence-corrected chi connectivity index (χ4v) is 2.57. The minimum Gasteiger partial charge on any atom is -0.370 e. The highest BCUT2D eigenvalue weighted by Crippen LogP contribution is 2.23. The first-order valence-electron chi connectivity index (χ1n) is 7.62. The standard InChI is InChI=1S/C18H19FN2O2/c1-13-6-8-14(9-7-13)17-12-21(10-11-23-17)18(22)20-16-5-3-2-4-15(16)19/h2-9,17H,10-12H2,1H3,(H,20,22). The van der Waals surface area contributed by atoms with E-state index in [9.17, 15) is 9.18 Å². The number of urea groups is 1. The molecule has 0 spiro atoms. The van der Waals surface area contributed by atoms with Crippen LogP contribution in [0.4, 0.5) is 14.9 Å². The zero-order valence-electron chi connectivity index (χ0n) is 13.0. The number of halogens is 1. The summed E-state index contributed by atoms with van der Waals surface area (Å²) in [6, 6.07) is 13.9. The van der Waals surface area contributed by atoms with Gasteiger partial charge in [-0.1, -0.05) is 42.0 Å². The zero-order valence-corrected chi connectivity index (χ0v) is 13.0. The highest BCUT2D eigenvalue weighted by molar-refractivity contribution is 5.89. The molecule has 0 aromatic heterocycles. The van der Waals surface area contributed by atoms with Crippen LogP contribution in [0.25, 0.3) is 0 Å². The van der Waals surface area contributed by atoms with Crippen molar-refractivity contribution in [3.05, 3.63) is 65.5 Å². The molecule has 120 valence electrons. The van der Waals surface area contributed by atoms with Crippen molar-refractivity contribution in [2.24, 2.45) is 0 Å². The lowest BCUT2D eigenvalue weighted by Crippen LogP contribution is -2.44. The first-order valence-corrected chi connectivity index (χ1v) is 7.62. The van der Waals surface area contributed by atoms with Crippen LogP contribution in [-0.4, -0.2) is 30.6 Å². The van der Waals surface area contributed by atoms with Crippen LogP contribution in [0.2, 0.25) is 0 Å². The minimum absolute atomic E-state index is 0.157. The number of rotatable bonds is 2. The predicted molar refractivity (Wildman–Crippen MR) is 86.9 cm³/mol. The van der Waals surface area contributed by atoms with Gasteiger partial charge in [0.1, 0.15) is 11.9 Å². The van der Waals surface area contributed by atoms with Gasteiger partial charge in [-0.05, 0) is 24.6 Å². The molecule has 1 atom stereocenters. The smallest absolute Gasteiger partial charge is 0.322 e. The second-order valence-electron chi connectivity index (χ2n) is 5.63. The lowest BCUT2D eigenvalue weighted by atomic mass is 10.1. The molecule has 0 radical (unpaired) electrons. The Labute approximate surface area is 134 Å². The number of aryl methyl sites for hydroxylation is 1. The normalized spacial score (nSPS) is 17.8. The van der Waals surface area contributed by atoms with Crippen LogP contribution < -0.4 is 5.32 Å². The molecule has 1 N–H and O–H groups in total. The maximum absolute atomic E-state index is 13.6. The summed E-state index contributed by atoms with van der Waals surface area (Å²) in [6.07, 6.45) is -0.157. The van der Waals surface area contributed by atoms with Gasteiger partial charge in [0.25, 0.3) is 0 Å². The summed E-state index contributed by atoms with van der Waals surface area (Å²) in [7, 11) is 0. The summed E-state index contributed by atoms with van der Waals surface area (Å²) in [5.74, 6) is -0.441. The van der Waals surface area contributed by atoms with Gasteiger partial charge in [0.05, 0.1) is 18.8 Å². The highest BCUT2D eigenvalue weighted by atomic mass is 19.1. The predicted octanol–water partition coefficient (Wildman–Crippen LogP) is 3.74. The van der Waals surface area contributed by atoms with Gasteiger partial charge in [0.2, 0.25) is 0 Å². The molecular weight excluding hydrogens is 295 g/mol. The van der Waals surface area contributed by atoms with Gasteiger partial charge in [0.15, 0.2) is 0 Å². The van der Waals surface area contributed by atoms with Gasteiger partial charge in [-0.3, -0.25) is 0 Å². The van der Waals surface area contributed by atoms with Crippen molar-refractivity contribution in [1.29, 1.82) is 0 Å². The quantitative estimate of drug-likeness (QED) is 0.917. The Balaban J connectivity index is 1.67. The van der Waals surface area contributed by atoms with Crippen molar-refractivity contribution >= 4 is 11.7 Å². The SMILES string of the molecule is Cc1ccc(C2CN(C(=O)Nc3ccccc3F)CCO2)cc1. The Bertz CT molecular complexity index is 688. The van der Waals surface area contributed by atoms with Crippen molar-refractivity contribution in [2.45, 2.75) is 13.0 Å². The fourth-order valence-electron chi connectivity index (χ4n) is 2.57. The third kappa shape index (κ3) is 3.68. The topological polar surface area (TPSA) is 41.6 Å². The molecule has 2 aromatic carbocycles. The molecule has 23 heavy (non-hydrogen) atoms. The lowest BCUT2D eigenvalue weighted by molar-refractivity contribution is -0.0135. The summed E-state index contributed by atoms with van der Waals surface area (Å²) in [5.41, 5.74) is 2.41. The summed E-state index contributed by atoms with van der Waals surface area (Å²) < 4.78 is 19.4. The third-order valence-corrected chi connectivity index (χ3v) is 3.92. The van der Waals surface area contributed by atoms with Gasteiger partial charge < -0.3 is 15.0 Å². The van der Waals surface area contributed by atoms with E-state index in [1.54, 1.807) is 23.1 Å². The lowest BCUT2D eigenvalue weighted by Gasteiger charge is -2.33. The minimum atomic E-state index is -0.441. The highest BCUT2D eigenvalue weighted by Gasteiger charge is 2.25. The molecule has 1 saturated heterocycles. The van der Waals surface area contributed by atoms with Gasteiger partial charge in [-0.15, -0.1) is 0 Å². The van der Waals surface area contributed by atoms with Gasteiger partial charge in [-0.25, -0.2) is 9.18 Å². The van der Waals surface area contributed by atoms with E-state index in [0.29, 0.717) is 19.7 Å². The number of amides is 2. The number of hydrogen-bond acceptors (Lipinski definition) is 2. The van der Waals surface area contributed by atoms with Crippen LogP contribution in [0.15, 0.2) is 48.5 Å². The van der Waals surface area contributed by atoms with Crippen molar-refractivity contribution < 1.29 is 13.9 Å². The molecule has 1 aliphatic heterocycles. The maximum atomic E-state index is 13.6. The Morgan fingerprint density at radius 2 is 1.96 bits per heavy atom. The number of nitrogens with zero attached hydrogens (tertiary/aromatic N) is 1. The number of carbonyl (C=O) groups is 1. The molecule has 3 rings (SSSR count). The number of para-hydroxylation sites is 1. The monoisotopic (exact) mass is 314 g/mol. The first-order chi connectivity index (χ1) is 11.1. The molecule has 2 amide bonds. The van der Waals surface area contributed by atoms with Gasteiger partial charge in [0, 0.05) is 6.54 Å². The average Bonchev–Trinajstić information content (AvgIpc) is 2.58. The second kappa shape index (κ2) is 6.79. The summed E-state index contributed by atoms with van der Waals surface area (Å²) in [5, 5.41) is 2.62. The third-order valence-electron chi connectivity index (χ3n) is 3.92. The van der Waals surface area contributed by atoms with Gasteiger partial charge >= 0.3 is 6.03 Å². The molecular formula is C18H19FN2O2. The largest absolute Gasteiger partial charge is 0.370 e. The number of benzene rings is 2.